The fourth-order valence-electron chi connectivity index (χ4n) is 3.14. The Morgan fingerprint density at radius 2 is 2.11 bits per heavy atom. The summed E-state index contributed by atoms with van der Waals surface area (Å²) in [6.45, 7) is 0.594. The van der Waals surface area contributed by atoms with E-state index in [1.807, 2.05) is 18.2 Å². The van der Waals surface area contributed by atoms with Gasteiger partial charge in [0.2, 0.25) is 15.9 Å². The lowest BCUT2D eigenvalue weighted by molar-refractivity contribution is -0.134. The van der Waals surface area contributed by atoms with Crippen LogP contribution in [0.5, 0.6) is 0 Å². The summed E-state index contributed by atoms with van der Waals surface area (Å²) >= 11 is 0. The largest absolute Gasteiger partial charge is 0.394 e. The lowest BCUT2D eigenvalue weighted by Crippen LogP contribution is -2.47. The van der Waals surface area contributed by atoms with E-state index in [0.717, 1.165) is 16.8 Å². The van der Waals surface area contributed by atoms with Gasteiger partial charge in [-0.05, 0) is 41.8 Å². The number of aliphatic hydroxyl groups is 1. The highest BCUT2D eigenvalue weighted by Gasteiger charge is 2.26. The molecule has 0 aliphatic carbocycles. The normalized spacial score (nSPS) is 15.1. The molecule has 9 heteroatoms. The van der Waals surface area contributed by atoms with Crippen molar-refractivity contribution in [1.29, 1.82) is 0 Å². The molecule has 1 amide bonds. The van der Waals surface area contributed by atoms with Crippen molar-refractivity contribution in [1.82, 2.24) is 14.6 Å². The van der Waals surface area contributed by atoms with E-state index in [1.165, 1.54) is 0 Å². The van der Waals surface area contributed by atoms with Crippen molar-refractivity contribution in [2.45, 2.75) is 30.3 Å². The predicted molar refractivity (Wildman–Crippen MR) is 104 cm³/mol. The monoisotopic (exact) mass is 404 g/mol. The van der Waals surface area contributed by atoms with Crippen LogP contribution in [-0.2, 0) is 34.2 Å². The summed E-state index contributed by atoms with van der Waals surface area (Å²) in [5, 5.41) is 9.08. The Morgan fingerprint density at radius 3 is 2.82 bits per heavy atom. The summed E-state index contributed by atoms with van der Waals surface area (Å²) in [4.78, 5) is 18.1. The highest BCUT2D eigenvalue weighted by atomic mass is 32.2. The molecule has 0 saturated heterocycles. The van der Waals surface area contributed by atoms with Crippen molar-refractivity contribution in [3.63, 3.8) is 0 Å². The average molecular weight is 404 g/mol. The molecule has 0 unspecified atom stereocenters. The third kappa shape index (κ3) is 4.74. The number of rotatable bonds is 7. The van der Waals surface area contributed by atoms with E-state index < -0.39 is 22.7 Å². The van der Waals surface area contributed by atoms with Crippen LogP contribution in [0.1, 0.15) is 16.8 Å². The third-order valence-electron chi connectivity index (χ3n) is 4.73. The summed E-state index contributed by atoms with van der Waals surface area (Å²) in [5.74, 6) is -0.338. The Morgan fingerprint density at radius 1 is 1.29 bits per heavy atom. The summed E-state index contributed by atoms with van der Waals surface area (Å²) < 4.78 is 27.8. The first kappa shape index (κ1) is 20.4. The standard InChI is InChI=1S/C19H24N4O4S/c20-18(13-24)19(25)23-10-7-14-4-5-17(11-15(14)12-23)28(26,27)22-9-6-16-3-1-2-8-21-16/h1-5,8,11,18,22,24H,6-7,9-10,12-13,20H2/t18-/m0/s1. The van der Waals surface area contributed by atoms with E-state index in [9.17, 15) is 13.2 Å². The van der Waals surface area contributed by atoms with Crippen LogP contribution in [0.4, 0.5) is 0 Å². The fraction of sp³-hybridized carbons (Fsp3) is 0.368. The first-order valence-corrected chi connectivity index (χ1v) is 10.6. The SMILES string of the molecule is N[C@@H](CO)C(=O)N1CCc2ccc(S(=O)(=O)NCCc3ccccn3)cc2C1. The van der Waals surface area contributed by atoms with Crippen molar-refractivity contribution in [2.75, 3.05) is 19.7 Å². The van der Waals surface area contributed by atoms with Crippen LogP contribution in [0.15, 0.2) is 47.5 Å². The molecule has 28 heavy (non-hydrogen) atoms. The number of aliphatic hydroxyl groups excluding tert-OH is 1. The van der Waals surface area contributed by atoms with E-state index in [2.05, 4.69) is 9.71 Å². The molecule has 1 aromatic carbocycles. The van der Waals surface area contributed by atoms with Crippen LogP contribution in [0.25, 0.3) is 0 Å². The maximum absolute atomic E-state index is 12.6. The number of fused-ring (bicyclic) bond motifs is 1. The Hall–Kier alpha value is -2.33. The molecule has 1 aliphatic heterocycles. The zero-order valence-electron chi connectivity index (χ0n) is 15.4. The number of amides is 1. The minimum absolute atomic E-state index is 0.160. The molecule has 0 spiro atoms. The van der Waals surface area contributed by atoms with Crippen molar-refractivity contribution in [2.24, 2.45) is 5.73 Å². The van der Waals surface area contributed by atoms with Gasteiger partial charge in [0.05, 0.1) is 11.5 Å². The molecule has 150 valence electrons. The molecule has 0 fully saturated rings. The lowest BCUT2D eigenvalue weighted by atomic mass is 9.99. The van der Waals surface area contributed by atoms with Crippen molar-refractivity contribution in [3.8, 4) is 0 Å². The minimum Gasteiger partial charge on any atom is -0.394 e. The van der Waals surface area contributed by atoms with Crippen LogP contribution in [-0.4, -0.2) is 55.1 Å². The van der Waals surface area contributed by atoms with Crippen LogP contribution >= 0.6 is 0 Å². The maximum Gasteiger partial charge on any atom is 0.242 e. The summed E-state index contributed by atoms with van der Waals surface area (Å²) in [5.41, 5.74) is 8.21. The van der Waals surface area contributed by atoms with E-state index in [1.54, 1.807) is 29.3 Å². The number of aromatic nitrogens is 1. The number of nitrogens with one attached hydrogen (secondary N) is 1. The summed E-state index contributed by atoms with van der Waals surface area (Å²) in [6, 6.07) is 9.52. The first-order chi connectivity index (χ1) is 13.4. The Kier molecular flexibility index (Phi) is 6.40. The van der Waals surface area contributed by atoms with Gasteiger partial charge in [0, 0.05) is 37.9 Å². The topological polar surface area (TPSA) is 126 Å². The quantitative estimate of drug-likeness (QED) is 0.587. The number of hydrogen-bond acceptors (Lipinski definition) is 6. The molecule has 3 rings (SSSR count). The number of nitrogens with zero attached hydrogens (tertiary/aromatic N) is 2. The van der Waals surface area contributed by atoms with Crippen LogP contribution in [0, 0.1) is 0 Å². The van der Waals surface area contributed by atoms with Gasteiger partial charge >= 0.3 is 0 Å². The molecule has 8 nitrogen and oxygen atoms in total. The third-order valence-corrected chi connectivity index (χ3v) is 6.18. The van der Waals surface area contributed by atoms with Gasteiger partial charge in [-0.1, -0.05) is 12.1 Å². The molecule has 0 bridgehead atoms. The van der Waals surface area contributed by atoms with Gasteiger partial charge in [-0.15, -0.1) is 0 Å². The minimum atomic E-state index is -3.67. The number of carbonyl (C=O) groups excluding carboxylic acids is 1. The maximum atomic E-state index is 12.6. The van der Waals surface area contributed by atoms with Gasteiger partial charge in [-0.3, -0.25) is 9.78 Å². The smallest absolute Gasteiger partial charge is 0.242 e. The highest BCUT2D eigenvalue weighted by Crippen LogP contribution is 2.23. The first-order valence-electron chi connectivity index (χ1n) is 9.07. The van der Waals surface area contributed by atoms with Gasteiger partial charge in [-0.2, -0.15) is 0 Å². The Labute approximate surface area is 164 Å². The molecule has 2 heterocycles. The molecule has 4 N–H and O–H groups in total. The van der Waals surface area contributed by atoms with Crippen molar-refractivity contribution in [3.05, 3.63) is 59.4 Å². The lowest BCUT2D eigenvalue weighted by Gasteiger charge is -2.30. The number of sulfonamides is 1. The van der Waals surface area contributed by atoms with E-state index in [4.69, 9.17) is 10.8 Å². The van der Waals surface area contributed by atoms with E-state index in [0.29, 0.717) is 19.4 Å². The van der Waals surface area contributed by atoms with E-state index >= 15 is 0 Å². The number of hydrogen-bond donors (Lipinski definition) is 3. The van der Waals surface area contributed by atoms with Gasteiger partial charge < -0.3 is 15.7 Å². The van der Waals surface area contributed by atoms with E-state index in [-0.39, 0.29) is 23.9 Å². The zero-order chi connectivity index (χ0) is 20.1. The average Bonchev–Trinajstić information content (AvgIpc) is 2.72. The van der Waals surface area contributed by atoms with Gasteiger partial charge in [-0.25, -0.2) is 13.1 Å². The summed E-state index contributed by atoms with van der Waals surface area (Å²) in [6.07, 6.45) is 2.78. The molecule has 0 saturated carbocycles. The Balaban J connectivity index is 1.69. The van der Waals surface area contributed by atoms with Gasteiger partial charge in [0.15, 0.2) is 0 Å². The Bertz CT molecular complexity index is 934. The van der Waals surface area contributed by atoms with Crippen molar-refractivity contribution >= 4 is 15.9 Å². The molecule has 0 radical (unpaired) electrons. The second kappa shape index (κ2) is 8.78. The zero-order valence-corrected chi connectivity index (χ0v) is 16.2. The van der Waals surface area contributed by atoms with Crippen molar-refractivity contribution < 1.29 is 18.3 Å². The van der Waals surface area contributed by atoms with Crippen LogP contribution < -0.4 is 10.5 Å². The molecule has 1 atom stereocenters. The number of benzene rings is 1. The molecule has 1 aliphatic rings. The number of pyridine rings is 1. The van der Waals surface area contributed by atoms with Gasteiger partial charge in [0.25, 0.3) is 0 Å². The molecule has 2 aromatic rings. The second-order valence-corrected chi connectivity index (χ2v) is 8.47. The highest BCUT2D eigenvalue weighted by molar-refractivity contribution is 7.89. The second-order valence-electron chi connectivity index (χ2n) is 6.70. The summed E-state index contributed by atoms with van der Waals surface area (Å²) in [7, 11) is -3.67. The van der Waals surface area contributed by atoms with Gasteiger partial charge in [0.1, 0.15) is 6.04 Å². The fourth-order valence-corrected chi connectivity index (χ4v) is 4.23. The van der Waals surface area contributed by atoms with Crippen LogP contribution in [0.3, 0.4) is 0 Å². The molecule has 1 aromatic heterocycles. The van der Waals surface area contributed by atoms with Crippen LogP contribution in [0.2, 0.25) is 0 Å². The predicted octanol–water partition coefficient (Wildman–Crippen LogP) is -0.193. The number of nitrogens with two attached hydrogens (primary N) is 1. The number of carbonyl (C=O) groups is 1. The molecular formula is C19H24N4O4S. The molecular weight excluding hydrogens is 380 g/mol.